The molecule has 0 amide bonds. The molecule has 0 aliphatic heterocycles. The first-order chi connectivity index (χ1) is 9.65. The van der Waals surface area contributed by atoms with Crippen molar-refractivity contribution in [3.8, 4) is 5.75 Å². The van der Waals surface area contributed by atoms with Crippen LogP contribution in [0.4, 0.5) is 17.4 Å². The van der Waals surface area contributed by atoms with Gasteiger partial charge in [0.1, 0.15) is 11.3 Å². The fourth-order valence-corrected chi connectivity index (χ4v) is 2.37. The molecule has 6 heteroatoms. The second-order valence-corrected chi connectivity index (χ2v) is 5.13. The van der Waals surface area contributed by atoms with Gasteiger partial charge >= 0.3 is 0 Å². The number of hydrogen-bond acceptors (Lipinski definition) is 5. The van der Waals surface area contributed by atoms with E-state index in [1.54, 1.807) is 13.2 Å². The molecule has 0 atom stereocenters. The fraction of sp³-hybridized carbons (Fsp3) is 0.0714. The van der Waals surface area contributed by atoms with Crippen molar-refractivity contribution in [1.29, 1.82) is 0 Å². The van der Waals surface area contributed by atoms with E-state index in [2.05, 4.69) is 26.2 Å². The first-order valence-electron chi connectivity index (χ1n) is 5.92. The van der Waals surface area contributed by atoms with Gasteiger partial charge in [0, 0.05) is 16.2 Å². The summed E-state index contributed by atoms with van der Waals surface area (Å²) in [7, 11) is 1.62. The van der Waals surface area contributed by atoms with E-state index in [1.165, 1.54) is 0 Å². The zero-order chi connectivity index (χ0) is 14.1. The predicted molar refractivity (Wildman–Crippen MR) is 82.4 cm³/mol. The van der Waals surface area contributed by atoms with Crippen molar-refractivity contribution in [2.75, 3.05) is 18.2 Å². The highest BCUT2D eigenvalue weighted by Gasteiger charge is 2.09. The maximum Gasteiger partial charge on any atom is 0.300 e. The zero-order valence-electron chi connectivity index (χ0n) is 10.7. The fourth-order valence-electron chi connectivity index (χ4n) is 1.90. The highest BCUT2D eigenvalue weighted by atomic mass is 79.9. The van der Waals surface area contributed by atoms with Gasteiger partial charge in [0.25, 0.3) is 6.01 Å². The number of fused-ring (bicyclic) bond motifs is 1. The summed E-state index contributed by atoms with van der Waals surface area (Å²) in [4.78, 5) is 4.33. The number of oxazole rings is 1. The molecule has 0 aliphatic carbocycles. The summed E-state index contributed by atoms with van der Waals surface area (Å²) in [6, 6.07) is 11.5. The highest BCUT2D eigenvalue weighted by Crippen LogP contribution is 2.29. The standard InChI is InChI=1S/C14H12BrN3O2/c1-19-10-6-8(15)5-9(7-10)17-14-18-13-11(16)3-2-4-12(13)20-14/h2-7H,16H2,1H3,(H,17,18). The van der Waals surface area contributed by atoms with Gasteiger partial charge < -0.3 is 20.2 Å². The minimum Gasteiger partial charge on any atom is -0.497 e. The molecule has 5 nitrogen and oxygen atoms in total. The largest absolute Gasteiger partial charge is 0.497 e. The third kappa shape index (κ3) is 2.42. The summed E-state index contributed by atoms with van der Waals surface area (Å²) < 4.78 is 11.7. The number of benzene rings is 2. The Morgan fingerprint density at radius 3 is 2.90 bits per heavy atom. The van der Waals surface area contributed by atoms with Crippen molar-refractivity contribution in [3.05, 3.63) is 40.9 Å². The van der Waals surface area contributed by atoms with Gasteiger partial charge in [-0.2, -0.15) is 4.98 Å². The molecule has 0 aliphatic rings. The molecular formula is C14H12BrN3O2. The van der Waals surface area contributed by atoms with Gasteiger partial charge in [0.2, 0.25) is 0 Å². The van der Waals surface area contributed by atoms with Gasteiger partial charge in [0.05, 0.1) is 12.8 Å². The lowest BCUT2D eigenvalue weighted by atomic mass is 10.3. The molecular weight excluding hydrogens is 322 g/mol. The van der Waals surface area contributed by atoms with E-state index in [0.29, 0.717) is 22.8 Å². The Hall–Kier alpha value is -2.21. The molecule has 1 aromatic heterocycles. The first-order valence-corrected chi connectivity index (χ1v) is 6.71. The molecule has 3 N–H and O–H groups in total. The Balaban J connectivity index is 1.97. The number of nitrogens with zero attached hydrogens (tertiary/aromatic N) is 1. The van der Waals surface area contributed by atoms with Crippen LogP contribution in [0.1, 0.15) is 0 Å². The smallest absolute Gasteiger partial charge is 0.300 e. The number of para-hydroxylation sites is 1. The normalized spacial score (nSPS) is 10.7. The molecule has 3 aromatic rings. The van der Waals surface area contributed by atoms with Crippen LogP contribution < -0.4 is 15.8 Å². The Morgan fingerprint density at radius 2 is 2.15 bits per heavy atom. The Kier molecular flexibility index (Phi) is 3.23. The number of nitrogen functional groups attached to an aromatic ring is 1. The predicted octanol–water partition coefficient (Wildman–Crippen LogP) is 3.92. The molecule has 0 radical (unpaired) electrons. The number of aromatic nitrogens is 1. The van der Waals surface area contributed by atoms with Crippen molar-refractivity contribution in [1.82, 2.24) is 4.98 Å². The van der Waals surface area contributed by atoms with Crippen LogP contribution in [0.15, 0.2) is 45.3 Å². The van der Waals surface area contributed by atoms with E-state index >= 15 is 0 Å². The number of halogens is 1. The minimum absolute atomic E-state index is 0.387. The average molecular weight is 334 g/mol. The quantitative estimate of drug-likeness (QED) is 0.710. The van der Waals surface area contributed by atoms with Crippen LogP contribution >= 0.6 is 15.9 Å². The summed E-state index contributed by atoms with van der Waals surface area (Å²) in [6.07, 6.45) is 0. The summed E-state index contributed by atoms with van der Waals surface area (Å²) in [6.45, 7) is 0. The number of anilines is 3. The van der Waals surface area contributed by atoms with Gasteiger partial charge in [-0.1, -0.05) is 22.0 Å². The third-order valence-electron chi connectivity index (χ3n) is 2.81. The second kappa shape index (κ2) is 5.05. The van der Waals surface area contributed by atoms with Gasteiger partial charge in [0.15, 0.2) is 5.58 Å². The van der Waals surface area contributed by atoms with Crippen molar-refractivity contribution in [3.63, 3.8) is 0 Å². The van der Waals surface area contributed by atoms with E-state index in [-0.39, 0.29) is 0 Å². The molecule has 1 heterocycles. The van der Waals surface area contributed by atoms with Crippen LogP contribution in [0.25, 0.3) is 11.1 Å². The Labute approximate surface area is 123 Å². The van der Waals surface area contributed by atoms with Gasteiger partial charge in [-0.05, 0) is 24.3 Å². The topological polar surface area (TPSA) is 73.3 Å². The number of ether oxygens (including phenoxy) is 1. The molecule has 0 fully saturated rings. The summed E-state index contributed by atoms with van der Waals surface area (Å²) in [5.41, 5.74) is 8.55. The third-order valence-corrected chi connectivity index (χ3v) is 3.27. The number of nitrogens with two attached hydrogens (primary N) is 1. The number of hydrogen-bond donors (Lipinski definition) is 2. The lowest BCUT2D eigenvalue weighted by Gasteiger charge is -2.05. The molecule has 3 rings (SSSR count). The molecule has 0 saturated heterocycles. The molecule has 0 unspecified atom stereocenters. The van der Waals surface area contributed by atoms with Crippen LogP contribution in [0.2, 0.25) is 0 Å². The maximum absolute atomic E-state index is 5.85. The van der Waals surface area contributed by atoms with Crippen molar-refractivity contribution in [2.45, 2.75) is 0 Å². The number of methoxy groups -OCH3 is 1. The molecule has 2 aromatic carbocycles. The summed E-state index contributed by atoms with van der Waals surface area (Å²) in [5.74, 6) is 0.734. The van der Waals surface area contributed by atoms with Crippen molar-refractivity contribution in [2.24, 2.45) is 0 Å². The van der Waals surface area contributed by atoms with Crippen LogP contribution in [0.5, 0.6) is 5.75 Å². The van der Waals surface area contributed by atoms with Crippen LogP contribution in [0, 0.1) is 0 Å². The van der Waals surface area contributed by atoms with E-state index in [0.717, 1.165) is 15.9 Å². The zero-order valence-corrected chi connectivity index (χ0v) is 12.3. The lowest BCUT2D eigenvalue weighted by molar-refractivity contribution is 0.414. The van der Waals surface area contributed by atoms with Crippen molar-refractivity contribution < 1.29 is 9.15 Å². The van der Waals surface area contributed by atoms with E-state index < -0.39 is 0 Å². The van der Waals surface area contributed by atoms with Crippen LogP contribution in [-0.4, -0.2) is 12.1 Å². The van der Waals surface area contributed by atoms with Gasteiger partial charge in [-0.15, -0.1) is 0 Å². The summed E-state index contributed by atoms with van der Waals surface area (Å²) in [5, 5.41) is 3.09. The SMILES string of the molecule is COc1cc(Br)cc(Nc2nc3c(N)cccc3o2)c1. The van der Waals surface area contributed by atoms with Gasteiger partial charge in [-0.3, -0.25) is 0 Å². The van der Waals surface area contributed by atoms with E-state index in [9.17, 15) is 0 Å². The van der Waals surface area contributed by atoms with Crippen LogP contribution in [-0.2, 0) is 0 Å². The lowest BCUT2D eigenvalue weighted by Crippen LogP contribution is -1.92. The highest BCUT2D eigenvalue weighted by molar-refractivity contribution is 9.10. The molecule has 0 saturated carbocycles. The monoisotopic (exact) mass is 333 g/mol. The number of rotatable bonds is 3. The van der Waals surface area contributed by atoms with Crippen LogP contribution in [0.3, 0.4) is 0 Å². The number of nitrogens with one attached hydrogen (secondary N) is 1. The average Bonchev–Trinajstić information content (AvgIpc) is 2.82. The Bertz CT molecular complexity index is 770. The second-order valence-electron chi connectivity index (χ2n) is 4.22. The maximum atomic E-state index is 5.85. The summed E-state index contributed by atoms with van der Waals surface area (Å²) >= 11 is 3.42. The first kappa shape index (κ1) is 12.8. The molecule has 20 heavy (non-hydrogen) atoms. The minimum atomic E-state index is 0.387. The van der Waals surface area contributed by atoms with E-state index in [4.69, 9.17) is 14.9 Å². The molecule has 0 spiro atoms. The van der Waals surface area contributed by atoms with Gasteiger partial charge in [-0.25, -0.2) is 0 Å². The Morgan fingerprint density at radius 1 is 1.30 bits per heavy atom. The van der Waals surface area contributed by atoms with Crippen molar-refractivity contribution >= 4 is 44.4 Å². The van der Waals surface area contributed by atoms with E-state index in [1.807, 2.05) is 30.3 Å². The molecule has 102 valence electrons. The molecule has 0 bridgehead atoms.